The quantitative estimate of drug-likeness (QED) is 0.834. The fourth-order valence-electron chi connectivity index (χ4n) is 1.84. The molecule has 1 fully saturated rings. The van der Waals surface area contributed by atoms with E-state index >= 15 is 0 Å². The second-order valence-corrected chi connectivity index (χ2v) is 4.72. The van der Waals surface area contributed by atoms with Gasteiger partial charge in [-0.05, 0) is 19.8 Å². The molecule has 0 amide bonds. The van der Waals surface area contributed by atoms with Gasteiger partial charge in [0.05, 0.1) is 0 Å². The first kappa shape index (κ1) is 11.9. The van der Waals surface area contributed by atoms with Gasteiger partial charge in [-0.3, -0.25) is 0 Å². The molecule has 2 aromatic heterocycles. The highest BCUT2D eigenvalue weighted by atomic mass is 16.5. The van der Waals surface area contributed by atoms with Gasteiger partial charge in [-0.1, -0.05) is 5.16 Å². The predicted molar refractivity (Wildman–Crippen MR) is 69.6 cm³/mol. The zero-order valence-electron chi connectivity index (χ0n) is 10.8. The van der Waals surface area contributed by atoms with E-state index in [1.165, 1.54) is 0 Å². The van der Waals surface area contributed by atoms with E-state index < -0.39 is 0 Å². The molecule has 3 rings (SSSR count). The standard InChI is InChI=1S/C12H16N6O/c1-7-15-11(19-18-7)4-5-14-10-6-9(13)16-12(17-10)8-2-3-8/h6,8H,2-5H2,1H3,(H3,13,14,16,17). The first-order valence-electron chi connectivity index (χ1n) is 6.38. The molecule has 1 aliphatic rings. The van der Waals surface area contributed by atoms with Gasteiger partial charge in [0.1, 0.15) is 17.5 Å². The minimum absolute atomic E-state index is 0.489. The topological polar surface area (TPSA) is 103 Å². The summed E-state index contributed by atoms with van der Waals surface area (Å²) >= 11 is 0. The molecule has 7 heteroatoms. The van der Waals surface area contributed by atoms with Gasteiger partial charge in [-0.2, -0.15) is 4.98 Å². The van der Waals surface area contributed by atoms with Crippen molar-refractivity contribution in [2.45, 2.75) is 32.1 Å². The van der Waals surface area contributed by atoms with Gasteiger partial charge in [0.25, 0.3) is 0 Å². The van der Waals surface area contributed by atoms with Crippen molar-refractivity contribution >= 4 is 11.6 Å². The van der Waals surface area contributed by atoms with Crippen molar-refractivity contribution in [3.05, 3.63) is 23.6 Å². The van der Waals surface area contributed by atoms with Gasteiger partial charge in [0, 0.05) is 24.9 Å². The van der Waals surface area contributed by atoms with Gasteiger partial charge in [0.15, 0.2) is 5.82 Å². The van der Waals surface area contributed by atoms with E-state index in [4.69, 9.17) is 10.3 Å². The third-order valence-electron chi connectivity index (χ3n) is 2.92. The molecular weight excluding hydrogens is 244 g/mol. The molecule has 0 bridgehead atoms. The zero-order valence-corrected chi connectivity index (χ0v) is 10.8. The van der Waals surface area contributed by atoms with Crippen molar-refractivity contribution in [3.63, 3.8) is 0 Å². The van der Waals surface area contributed by atoms with E-state index in [-0.39, 0.29) is 0 Å². The van der Waals surface area contributed by atoms with Gasteiger partial charge < -0.3 is 15.6 Å². The Hall–Kier alpha value is -2.18. The molecule has 1 saturated carbocycles. The van der Waals surface area contributed by atoms with Gasteiger partial charge in [-0.25, -0.2) is 9.97 Å². The predicted octanol–water partition coefficient (Wildman–Crippen LogP) is 1.28. The first-order valence-corrected chi connectivity index (χ1v) is 6.38. The summed E-state index contributed by atoms with van der Waals surface area (Å²) in [6.07, 6.45) is 2.97. The molecule has 19 heavy (non-hydrogen) atoms. The molecular formula is C12H16N6O. The Balaban J connectivity index is 1.60. The summed E-state index contributed by atoms with van der Waals surface area (Å²) in [5.41, 5.74) is 5.78. The van der Waals surface area contributed by atoms with Crippen LogP contribution in [0.4, 0.5) is 11.6 Å². The minimum Gasteiger partial charge on any atom is -0.384 e. The fourth-order valence-corrected chi connectivity index (χ4v) is 1.84. The third kappa shape index (κ3) is 2.98. The van der Waals surface area contributed by atoms with E-state index in [1.807, 2.05) is 0 Å². The van der Waals surface area contributed by atoms with Crippen LogP contribution in [0.15, 0.2) is 10.6 Å². The Bertz CT molecular complexity index is 577. The zero-order chi connectivity index (χ0) is 13.2. The number of aryl methyl sites for hydroxylation is 1. The van der Waals surface area contributed by atoms with Crippen molar-refractivity contribution in [1.82, 2.24) is 20.1 Å². The van der Waals surface area contributed by atoms with Crippen molar-refractivity contribution in [2.24, 2.45) is 0 Å². The number of nitrogens with two attached hydrogens (primary N) is 1. The van der Waals surface area contributed by atoms with Crippen molar-refractivity contribution in [3.8, 4) is 0 Å². The maximum atomic E-state index is 5.78. The Labute approximate surface area is 110 Å². The van der Waals surface area contributed by atoms with Crippen LogP contribution in [0.1, 0.15) is 36.3 Å². The van der Waals surface area contributed by atoms with Crippen LogP contribution in [0.25, 0.3) is 0 Å². The largest absolute Gasteiger partial charge is 0.384 e. The maximum absolute atomic E-state index is 5.78. The average molecular weight is 260 g/mol. The van der Waals surface area contributed by atoms with Crippen molar-refractivity contribution in [2.75, 3.05) is 17.6 Å². The molecule has 0 unspecified atom stereocenters. The van der Waals surface area contributed by atoms with Crippen LogP contribution in [0.3, 0.4) is 0 Å². The van der Waals surface area contributed by atoms with E-state index in [0.29, 0.717) is 36.4 Å². The van der Waals surface area contributed by atoms with Crippen LogP contribution in [-0.4, -0.2) is 26.7 Å². The van der Waals surface area contributed by atoms with E-state index in [0.717, 1.165) is 24.5 Å². The fraction of sp³-hybridized carbons (Fsp3) is 0.500. The Morgan fingerprint density at radius 2 is 2.21 bits per heavy atom. The second kappa shape index (κ2) is 4.83. The van der Waals surface area contributed by atoms with Gasteiger partial charge in [-0.15, -0.1) is 0 Å². The number of hydrogen-bond donors (Lipinski definition) is 2. The molecule has 0 saturated heterocycles. The van der Waals surface area contributed by atoms with E-state index in [1.54, 1.807) is 13.0 Å². The molecule has 2 aromatic rings. The van der Waals surface area contributed by atoms with Crippen LogP contribution < -0.4 is 11.1 Å². The van der Waals surface area contributed by atoms with Crippen LogP contribution in [-0.2, 0) is 6.42 Å². The Morgan fingerprint density at radius 3 is 2.89 bits per heavy atom. The number of nitrogens with zero attached hydrogens (tertiary/aromatic N) is 4. The second-order valence-electron chi connectivity index (χ2n) is 4.72. The van der Waals surface area contributed by atoms with Gasteiger partial charge in [0.2, 0.25) is 5.89 Å². The lowest BCUT2D eigenvalue weighted by atomic mass is 10.3. The molecule has 0 atom stereocenters. The lowest BCUT2D eigenvalue weighted by Gasteiger charge is -2.06. The smallest absolute Gasteiger partial charge is 0.228 e. The lowest BCUT2D eigenvalue weighted by molar-refractivity contribution is 0.377. The molecule has 0 aromatic carbocycles. The van der Waals surface area contributed by atoms with Crippen molar-refractivity contribution < 1.29 is 4.52 Å². The Morgan fingerprint density at radius 1 is 1.37 bits per heavy atom. The van der Waals surface area contributed by atoms with E-state index in [2.05, 4.69) is 25.4 Å². The molecule has 100 valence electrons. The summed E-state index contributed by atoms with van der Waals surface area (Å²) in [5, 5.41) is 6.95. The maximum Gasteiger partial charge on any atom is 0.228 e. The minimum atomic E-state index is 0.489. The molecule has 3 N–H and O–H groups in total. The first-order chi connectivity index (χ1) is 9.20. The number of nitrogen functional groups attached to an aromatic ring is 1. The average Bonchev–Trinajstić information content (AvgIpc) is 3.13. The highest BCUT2D eigenvalue weighted by Gasteiger charge is 2.27. The molecule has 0 radical (unpaired) electrons. The third-order valence-corrected chi connectivity index (χ3v) is 2.92. The molecule has 7 nitrogen and oxygen atoms in total. The van der Waals surface area contributed by atoms with Crippen LogP contribution in [0.2, 0.25) is 0 Å². The summed E-state index contributed by atoms with van der Waals surface area (Å²) in [6.45, 7) is 2.47. The number of hydrogen-bond acceptors (Lipinski definition) is 7. The summed E-state index contributed by atoms with van der Waals surface area (Å²) in [7, 11) is 0. The monoisotopic (exact) mass is 260 g/mol. The number of rotatable bonds is 5. The molecule has 0 spiro atoms. The summed E-state index contributed by atoms with van der Waals surface area (Å²) < 4.78 is 5.04. The molecule has 2 heterocycles. The highest BCUT2D eigenvalue weighted by Crippen LogP contribution is 2.38. The Kier molecular flexibility index (Phi) is 3.02. The summed E-state index contributed by atoms with van der Waals surface area (Å²) in [6, 6.07) is 1.74. The molecule has 1 aliphatic carbocycles. The van der Waals surface area contributed by atoms with Gasteiger partial charge >= 0.3 is 0 Å². The number of anilines is 2. The SMILES string of the molecule is Cc1noc(CCNc2cc(N)nc(C3CC3)n2)n1. The summed E-state index contributed by atoms with van der Waals surface area (Å²) in [4.78, 5) is 12.9. The van der Waals surface area contributed by atoms with Crippen molar-refractivity contribution in [1.29, 1.82) is 0 Å². The van der Waals surface area contributed by atoms with Crippen LogP contribution in [0, 0.1) is 6.92 Å². The van der Waals surface area contributed by atoms with Crippen LogP contribution >= 0.6 is 0 Å². The van der Waals surface area contributed by atoms with E-state index in [9.17, 15) is 0 Å². The highest BCUT2D eigenvalue weighted by molar-refractivity contribution is 5.45. The normalized spacial score (nSPS) is 14.6. The number of nitrogens with one attached hydrogen (secondary N) is 1. The lowest BCUT2D eigenvalue weighted by Crippen LogP contribution is -2.09. The summed E-state index contributed by atoms with van der Waals surface area (Å²) in [5.74, 6) is 3.86. The number of aromatic nitrogens is 4. The molecule has 0 aliphatic heterocycles. The van der Waals surface area contributed by atoms with Crippen LogP contribution in [0.5, 0.6) is 0 Å².